The van der Waals surface area contributed by atoms with Crippen LogP contribution in [0.3, 0.4) is 0 Å². The van der Waals surface area contributed by atoms with E-state index in [1.54, 1.807) is 0 Å². The maximum atomic E-state index is 5.92. The molecule has 21 heavy (non-hydrogen) atoms. The lowest BCUT2D eigenvalue weighted by Crippen LogP contribution is -2.22. The maximum absolute atomic E-state index is 5.92. The molecule has 3 rings (SSSR count). The van der Waals surface area contributed by atoms with Crippen LogP contribution in [-0.4, -0.2) is 5.96 Å². The predicted molar refractivity (Wildman–Crippen MR) is 83.0 cm³/mol. The third kappa shape index (κ3) is 2.76. The van der Waals surface area contributed by atoms with Crippen LogP contribution in [0.2, 0.25) is 0 Å². The fraction of sp³-hybridized carbons (Fsp3) is 0. The number of para-hydroxylation sites is 1. The standard InChI is InChI=1S/C16H14N4O/c17-16(18)20-19-13-10-15(11-6-2-1-3-7-11)21-14-9-5-4-8-12(13)14/h1-10H,(H4,17,18,20)/b19-13+. The lowest BCUT2D eigenvalue weighted by Gasteiger charge is -2.04. The Morgan fingerprint density at radius 2 is 1.62 bits per heavy atom. The molecule has 1 aromatic heterocycles. The van der Waals surface area contributed by atoms with E-state index >= 15 is 0 Å². The van der Waals surface area contributed by atoms with E-state index in [-0.39, 0.29) is 5.96 Å². The molecule has 5 nitrogen and oxygen atoms in total. The number of nitrogens with zero attached hydrogens (tertiary/aromatic N) is 2. The number of benzene rings is 2. The summed E-state index contributed by atoms with van der Waals surface area (Å²) in [6.45, 7) is 0. The zero-order valence-corrected chi connectivity index (χ0v) is 11.2. The molecule has 104 valence electrons. The number of hydrogen-bond acceptors (Lipinski definition) is 3. The molecule has 0 saturated heterocycles. The van der Waals surface area contributed by atoms with Crippen LogP contribution in [-0.2, 0) is 0 Å². The molecule has 0 fully saturated rings. The summed E-state index contributed by atoms with van der Waals surface area (Å²) in [6, 6.07) is 19.2. The number of guanidine groups is 1. The van der Waals surface area contributed by atoms with Crippen molar-refractivity contribution in [1.29, 1.82) is 0 Å². The number of nitrogens with two attached hydrogens (primary N) is 2. The molecule has 0 bridgehead atoms. The Morgan fingerprint density at radius 1 is 0.905 bits per heavy atom. The highest BCUT2D eigenvalue weighted by Crippen LogP contribution is 2.21. The van der Waals surface area contributed by atoms with Gasteiger partial charge >= 0.3 is 0 Å². The Balaban J connectivity index is 2.30. The van der Waals surface area contributed by atoms with E-state index in [9.17, 15) is 0 Å². The quantitative estimate of drug-likeness (QED) is 0.427. The normalized spacial score (nSPS) is 11.5. The van der Waals surface area contributed by atoms with Crippen LogP contribution in [0.25, 0.3) is 22.3 Å². The Kier molecular flexibility index (Phi) is 3.39. The molecule has 0 spiro atoms. The van der Waals surface area contributed by atoms with Gasteiger partial charge in [0.05, 0.1) is 0 Å². The Bertz CT molecular complexity index is 862. The summed E-state index contributed by atoms with van der Waals surface area (Å²) in [5.74, 6) is 0.625. The molecule has 0 aliphatic heterocycles. The second kappa shape index (κ2) is 5.50. The summed E-state index contributed by atoms with van der Waals surface area (Å²) in [4.78, 5) is 0. The summed E-state index contributed by atoms with van der Waals surface area (Å²) in [5, 5.41) is 9.34. The molecule has 0 atom stereocenters. The van der Waals surface area contributed by atoms with Crippen LogP contribution in [0.4, 0.5) is 0 Å². The molecule has 0 unspecified atom stereocenters. The van der Waals surface area contributed by atoms with Crippen molar-refractivity contribution in [2.75, 3.05) is 0 Å². The van der Waals surface area contributed by atoms with Crippen LogP contribution in [0.15, 0.2) is 75.3 Å². The Labute approximate surface area is 121 Å². The number of hydrogen-bond donors (Lipinski definition) is 2. The predicted octanol–water partition coefficient (Wildman–Crippen LogP) is 2.19. The first-order valence-corrected chi connectivity index (χ1v) is 6.45. The van der Waals surface area contributed by atoms with Crippen LogP contribution < -0.4 is 16.8 Å². The molecule has 0 saturated carbocycles. The third-order valence-corrected chi connectivity index (χ3v) is 2.98. The van der Waals surface area contributed by atoms with Gasteiger partial charge in [0.15, 0.2) is 0 Å². The fourth-order valence-corrected chi connectivity index (χ4v) is 2.06. The van der Waals surface area contributed by atoms with Gasteiger partial charge in [-0.15, -0.1) is 10.2 Å². The van der Waals surface area contributed by atoms with Gasteiger partial charge in [0, 0.05) is 17.0 Å². The minimum Gasteiger partial charge on any atom is -0.456 e. The third-order valence-electron chi connectivity index (χ3n) is 2.98. The topological polar surface area (TPSA) is 89.9 Å². The molecular formula is C16H14N4O. The minimum atomic E-state index is -0.0823. The molecule has 0 aliphatic carbocycles. The molecule has 3 aromatic rings. The van der Waals surface area contributed by atoms with Crippen molar-refractivity contribution in [2.45, 2.75) is 0 Å². The summed E-state index contributed by atoms with van der Waals surface area (Å²) in [7, 11) is 0. The van der Waals surface area contributed by atoms with Gasteiger partial charge in [-0.2, -0.15) is 0 Å². The SMILES string of the molecule is NC(N)=N/N=c1\cc(-c2ccccc2)oc2ccccc12. The van der Waals surface area contributed by atoms with E-state index < -0.39 is 0 Å². The molecule has 0 amide bonds. The van der Waals surface area contributed by atoms with Gasteiger partial charge in [-0.3, -0.25) is 0 Å². The Hall–Kier alpha value is -3.08. The Morgan fingerprint density at radius 3 is 2.38 bits per heavy atom. The van der Waals surface area contributed by atoms with Crippen molar-refractivity contribution < 1.29 is 4.42 Å². The van der Waals surface area contributed by atoms with E-state index in [0.717, 1.165) is 16.5 Å². The zero-order chi connectivity index (χ0) is 14.7. The molecule has 1 heterocycles. The lowest BCUT2D eigenvalue weighted by molar-refractivity contribution is 0.618. The van der Waals surface area contributed by atoms with E-state index in [1.807, 2.05) is 60.7 Å². The van der Waals surface area contributed by atoms with Crippen LogP contribution in [0.1, 0.15) is 0 Å². The van der Waals surface area contributed by atoms with Gasteiger partial charge in [0.25, 0.3) is 0 Å². The van der Waals surface area contributed by atoms with Gasteiger partial charge in [-0.1, -0.05) is 42.5 Å². The first-order chi connectivity index (χ1) is 10.2. The summed E-state index contributed by atoms with van der Waals surface area (Å²) in [6.07, 6.45) is 0. The van der Waals surface area contributed by atoms with Gasteiger partial charge < -0.3 is 15.9 Å². The number of fused-ring (bicyclic) bond motifs is 1. The van der Waals surface area contributed by atoms with Crippen molar-refractivity contribution in [3.8, 4) is 11.3 Å². The monoisotopic (exact) mass is 278 g/mol. The summed E-state index contributed by atoms with van der Waals surface area (Å²) < 4.78 is 5.92. The van der Waals surface area contributed by atoms with Crippen LogP contribution in [0.5, 0.6) is 0 Å². The molecule has 2 aromatic carbocycles. The van der Waals surface area contributed by atoms with E-state index in [4.69, 9.17) is 15.9 Å². The molecule has 4 N–H and O–H groups in total. The zero-order valence-electron chi connectivity index (χ0n) is 11.2. The molecule has 5 heteroatoms. The highest BCUT2D eigenvalue weighted by atomic mass is 16.3. The average molecular weight is 278 g/mol. The van der Waals surface area contributed by atoms with Crippen LogP contribution in [0, 0.1) is 0 Å². The smallest absolute Gasteiger partial charge is 0.211 e. The highest BCUT2D eigenvalue weighted by molar-refractivity contribution is 5.78. The summed E-state index contributed by atoms with van der Waals surface area (Å²) >= 11 is 0. The fourth-order valence-electron chi connectivity index (χ4n) is 2.06. The molecule has 0 aliphatic rings. The first-order valence-electron chi connectivity index (χ1n) is 6.45. The number of rotatable bonds is 2. The highest BCUT2D eigenvalue weighted by Gasteiger charge is 2.05. The molecule has 0 radical (unpaired) electrons. The van der Waals surface area contributed by atoms with Crippen molar-refractivity contribution in [1.82, 2.24) is 0 Å². The van der Waals surface area contributed by atoms with Crippen molar-refractivity contribution >= 4 is 16.9 Å². The minimum absolute atomic E-state index is 0.0823. The van der Waals surface area contributed by atoms with Gasteiger partial charge in [0.2, 0.25) is 5.96 Å². The lowest BCUT2D eigenvalue weighted by atomic mass is 10.1. The van der Waals surface area contributed by atoms with Gasteiger partial charge in [0.1, 0.15) is 16.7 Å². The largest absolute Gasteiger partial charge is 0.456 e. The second-order valence-electron chi connectivity index (χ2n) is 4.48. The van der Waals surface area contributed by atoms with Crippen molar-refractivity contribution in [3.05, 3.63) is 66.0 Å². The van der Waals surface area contributed by atoms with E-state index in [1.165, 1.54) is 0 Å². The first kappa shape index (κ1) is 12.9. The van der Waals surface area contributed by atoms with E-state index in [0.29, 0.717) is 11.1 Å². The van der Waals surface area contributed by atoms with Gasteiger partial charge in [-0.05, 0) is 12.1 Å². The summed E-state index contributed by atoms with van der Waals surface area (Å²) in [5.41, 5.74) is 12.4. The van der Waals surface area contributed by atoms with Gasteiger partial charge in [-0.25, -0.2) is 0 Å². The van der Waals surface area contributed by atoms with Crippen LogP contribution >= 0.6 is 0 Å². The maximum Gasteiger partial charge on any atom is 0.211 e. The average Bonchev–Trinajstić information content (AvgIpc) is 2.53. The second-order valence-corrected chi connectivity index (χ2v) is 4.48. The molecular weight excluding hydrogens is 264 g/mol. The van der Waals surface area contributed by atoms with Crippen molar-refractivity contribution in [2.24, 2.45) is 21.7 Å². The van der Waals surface area contributed by atoms with Crippen molar-refractivity contribution in [3.63, 3.8) is 0 Å². The van der Waals surface area contributed by atoms with E-state index in [2.05, 4.69) is 10.2 Å².